The summed E-state index contributed by atoms with van der Waals surface area (Å²) in [5.74, 6) is -1.18. The summed E-state index contributed by atoms with van der Waals surface area (Å²) in [6, 6.07) is 3.47. The predicted octanol–water partition coefficient (Wildman–Crippen LogP) is 3.42. The van der Waals surface area contributed by atoms with E-state index in [2.05, 4.69) is 0 Å². The highest BCUT2D eigenvalue weighted by Gasteiger charge is 2.12. The van der Waals surface area contributed by atoms with E-state index in [0.717, 1.165) is 6.07 Å². The highest BCUT2D eigenvalue weighted by atomic mass is 35.5. The van der Waals surface area contributed by atoms with Gasteiger partial charge in [0.15, 0.2) is 0 Å². The Bertz CT molecular complexity index is 440. The minimum Gasteiger partial charge on any atom is -0.340 e. The smallest absolute Gasteiger partial charge is 0.149 e. The third-order valence-electron chi connectivity index (χ3n) is 2.08. The molecule has 0 spiro atoms. The molecule has 1 aliphatic rings. The number of halogens is 3. The van der Waals surface area contributed by atoms with Gasteiger partial charge >= 0.3 is 0 Å². The molecule has 0 saturated carbocycles. The van der Waals surface area contributed by atoms with Crippen LogP contribution in [0.4, 0.5) is 14.5 Å². The first-order valence-corrected chi connectivity index (χ1v) is 4.79. The largest absolute Gasteiger partial charge is 0.340 e. The zero-order chi connectivity index (χ0) is 10.8. The molecule has 4 heteroatoms. The molecule has 2 rings (SSSR count). The topological polar surface area (TPSA) is 3.24 Å². The number of benzene rings is 1. The molecule has 15 heavy (non-hydrogen) atoms. The highest BCUT2D eigenvalue weighted by Crippen LogP contribution is 2.24. The van der Waals surface area contributed by atoms with Gasteiger partial charge in [0, 0.05) is 17.3 Å². The van der Waals surface area contributed by atoms with E-state index in [1.807, 2.05) is 0 Å². The van der Waals surface area contributed by atoms with E-state index in [9.17, 15) is 8.78 Å². The first kappa shape index (κ1) is 10.2. The Labute approximate surface area is 91.3 Å². The maximum atomic E-state index is 13.4. The van der Waals surface area contributed by atoms with Crippen LogP contribution in [-0.4, -0.2) is 6.54 Å². The summed E-state index contributed by atoms with van der Waals surface area (Å²) in [6.45, 7) is 0.403. The van der Waals surface area contributed by atoms with Crippen LogP contribution in [0.25, 0.3) is 0 Å². The molecule has 0 atom stereocenters. The lowest BCUT2D eigenvalue weighted by Gasteiger charge is -2.22. The lowest BCUT2D eigenvalue weighted by molar-refractivity contribution is 0.582. The molecular weight excluding hydrogens is 220 g/mol. The van der Waals surface area contributed by atoms with Crippen LogP contribution in [0.2, 0.25) is 0 Å². The van der Waals surface area contributed by atoms with Crippen molar-refractivity contribution in [3.05, 3.63) is 53.2 Å². The van der Waals surface area contributed by atoms with Gasteiger partial charge < -0.3 is 4.90 Å². The van der Waals surface area contributed by atoms with Gasteiger partial charge in [-0.15, -0.1) is 0 Å². The number of anilines is 1. The molecule has 0 unspecified atom stereocenters. The molecule has 0 amide bonds. The van der Waals surface area contributed by atoms with E-state index in [1.165, 1.54) is 12.1 Å². The lowest BCUT2D eigenvalue weighted by Crippen LogP contribution is -2.20. The zero-order valence-corrected chi connectivity index (χ0v) is 8.51. The van der Waals surface area contributed by atoms with E-state index in [4.69, 9.17) is 11.6 Å². The minimum atomic E-state index is -0.592. The highest BCUT2D eigenvalue weighted by molar-refractivity contribution is 6.30. The van der Waals surface area contributed by atoms with Gasteiger partial charge in [-0.25, -0.2) is 8.78 Å². The summed E-state index contributed by atoms with van der Waals surface area (Å²) in [6.07, 6.45) is 5.15. The summed E-state index contributed by atoms with van der Waals surface area (Å²) >= 11 is 5.82. The van der Waals surface area contributed by atoms with Crippen molar-refractivity contribution in [2.75, 3.05) is 11.4 Å². The maximum absolute atomic E-state index is 13.4. The second-order valence-corrected chi connectivity index (χ2v) is 3.66. The zero-order valence-electron chi connectivity index (χ0n) is 7.75. The van der Waals surface area contributed by atoms with Crippen LogP contribution >= 0.6 is 11.6 Å². The number of hydrogen-bond donors (Lipinski definition) is 0. The fourth-order valence-corrected chi connectivity index (χ4v) is 1.60. The average Bonchev–Trinajstić information content (AvgIpc) is 2.17. The molecule has 1 aromatic carbocycles. The predicted molar refractivity (Wildman–Crippen MR) is 56.8 cm³/mol. The molecule has 1 heterocycles. The second kappa shape index (κ2) is 4.03. The Balaban J connectivity index is 2.31. The Hall–Kier alpha value is -1.35. The molecule has 0 fully saturated rings. The van der Waals surface area contributed by atoms with E-state index < -0.39 is 11.6 Å². The summed E-state index contributed by atoms with van der Waals surface area (Å²) in [5.41, 5.74) is 0.318. The van der Waals surface area contributed by atoms with E-state index in [1.54, 1.807) is 23.3 Å². The molecule has 0 N–H and O–H groups in total. The molecule has 1 nitrogen and oxygen atoms in total. The van der Waals surface area contributed by atoms with Gasteiger partial charge in [0.1, 0.15) is 11.6 Å². The van der Waals surface area contributed by atoms with E-state index in [-0.39, 0.29) is 0 Å². The van der Waals surface area contributed by atoms with Crippen LogP contribution in [-0.2, 0) is 0 Å². The van der Waals surface area contributed by atoms with Gasteiger partial charge in [-0.1, -0.05) is 11.6 Å². The van der Waals surface area contributed by atoms with Gasteiger partial charge in [-0.05, 0) is 24.3 Å². The molecule has 0 aliphatic carbocycles. The minimum absolute atomic E-state index is 0.318. The number of allylic oxidation sites excluding steroid dienone is 2. The molecule has 0 aromatic heterocycles. The van der Waals surface area contributed by atoms with Crippen LogP contribution in [0.5, 0.6) is 0 Å². The molecule has 0 radical (unpaired) electrons. The Kier molecular flexibility index (Phi) is 2.73. The van der Waals surface area contributed by atoms with Crippen LogP contribution in [0, 0.1) is 11.6 Å². The van der Waals surface area contributed by atoms with Gasteiger partial charge in [0.05, 0.1) is 12.2 Å². The van der Waals surface area contributed by atoms with Crippen molar-refractivity contribution >= 4 is 17.3 Å². The normalized spacial score (nSPS) is 15.4. The Morgan fingerprint density at radius 2 is 2.07 bits per heavy atom. The quantitative estimate of drug-likeness (QED) is 0.711. The van der Waals surface area contributed by atoms with Gasteiger partial charge in [0.2, 0.25) is 0 Å². The Morgan fingerprint density at radius 1 is 1.27 bits per heavy atom. The van der Waals surface area contributed by atoms with Crippen LogP contribution in [0.15, 0.2) is 41.6 Å². The molecule has 78 valence electrons. The molecule has 0 saturated heterocycles. The molecule has 0 bridgehead atoms. The first-order chi connectivity index (χ1) is 7.16. The summed E-state index contributed by atoms with van der Waals surface area (Å²) < 4.78 is 26.1. The summed E-state index contributed by atoms with van der Waals surface area (Å²) in [5, 5.41) is 0.612. The standard InChI is InChI=1S/C11H8ClF2N/c12-8-2-1-5-15(7-8)11-4-3-9(13)6-10(11)14/h1-6H,7H2. The van der Waals surface area contributed by atoms with Crippen LogP contribution in [0.3, 0.4) is 0 Å². The van der Waals surface area contributed by atoms with Crippen molar-refractivity contribution < 1.29 is 8.78 Å². The van der Waals surface area contributed by atoms with Gasteiger partial charge in [-0.3, -0.25) is 0 Å². The number of hydrogen-bond acceptors (Lipinski definition) is 1. The maximum Gasteiger partial charge on any atom is 0.149 e. The molecular formula is C11H8ClF2N. The molecule has 1 aromatic rings. The number of rotatable bonds is 1. The van der Waals surface area contributed by atoms with Crippen molar-refractivity contribution in [2.45, 2.75) is 0 Å². The summed E-state index contributed by atoms with van der Waals surface area (Å²) in [4.78, 5) is 1.62. The molecule has 1 aliphatic heterocycles. The van der Waals surface area contributed by atoms with Gasteiger partial charge in [-0.2, -0.15) is 0 Å². The number of nitrogens with zero attached hydrogens (tertiary/aromatic N) is 1. The van der Waals surface area contributed by atoms with E-state index in [0.29, 0.717) is 17.3 Å². The average molecular weight is 228 g/mol. The van der Waals surface area contributed by atoms with Crippen LogP contribution in [0.1, 0.15) is 0 Å². The SMILES string of the molecule is Fc1ccc(N2C=CC=C(Cl)C2)c(F)c1. The summed E-state index contributed by atoms with van der Waals surface area (Å²) in [7, 11) is 0. The third kappa shape index (κ3) is 2.18. The van der Waals surface area contributed by atoms with Crippen molar-refractivity contribution in [3.8, 4) is 0 Å². The van der Waals surface area contributed by atoms with Gasteiger partial charge in [0.25, 0.3) is 0 Å². The Morgan fingerprint density at radius 3 is 2.73 bits per heavy atom. The first-order valence-electron chi connectivity index (χ1n) is 4.41. The van der Waals surface area contributed by atoms with E-state index >= 15 is 0 Å². The second-order valence-electron chi connectivity index (χ2n) is 3.18. The van der Waals surface area contributed by atoms with Crippen molar-refractivity contribution in [3.63, 3.8) is 0 Å². The van der Waals surface area contributed by atoms with Crippen molar-refractivity contribution in [2.24, 2.45) is 0 Å². The lowest BCUT2D eigenvalue weighted by atomic mass is 10.2. The monoisotopic (exact) mass is 227 g/mol. The van der Waals surface area contributed by atoms with Crippen LogP contribution < -0.4 is 4.90 Å². The van der Waals surface area contributed by atoms with Crippen molar-refractivity contribution in [1.82, 2.24) is 0 Å². The third-order valence-corrected chi connectivity index (χ3v) is 2.33. The fourth-order valence-electron chi connectivity index (χ4n) is 1.40. The van der Waals surface area contributed by atoms with Crippen molar-refractivity contribution in [1.29, 1.82) is 0 Å². The fraction of sp³-hybridized carbons (Fsp3) is 0.0909.